The first-order valence-electron chi connectivity index (χ1n) is 6.38. The van der Waals surface area contributed by atoms with E-state index < -0.39 is 0 Å². The van der Waals surface area contributed by atoms with Crippen molar-refractivity contribution in [2.75, 3.05) is 46.8 Å². The molecule has 2 aliphatic heterocycles. The lowest BCUT2D eigenvalue weighted by atomic mass is 10.1. The largest absolute Gasteiger partial charge is 0.361 e. The molecule has 0 aromatic heterocycles. The van der Waals surface area contributed by atoms with Gasteiger partial charge in [-0.3, -0.25) is 5.41 Å². The summed E-state index contributed by atoms with van der Waals surface area (Å²) in [6.45, 7) is 5.60. The topological polar surface area (TPSA) is 33.6 Å². The lowest BCUT2D eigenvalue weighted by Gasteiger charge is -2.38. The summed E-state index contributed by atoms with van der Waals surface area (Å²) in [7, 11) is 4.37. The SMILES string of the molecule is CN1CCN(C)C(CC(=N)N2CCCC2)C1. The number of nitrogens with one attached hydrogen (secondary N) is 1. The molecule has 0 aromatic rings. The summed E-state index contributed by atoms with van der Waals surface area (Å²) in [5, 5.41) is 8.16. The predicted molar refractivity (Wildman–Crippen MR) is 67.1 cm³/mol. The van der Waals surface area contributed by atoms with Crippen LogP contribution >= 0.6 is 0 Å². The van der Waals surface area contributed by atoms with Gasteiger partial charge in [-0.1, -0.05) is 0 Å². The molecule has 2 aliphatic rings. The molecule has 0 aromatic carbocycles. The van der Waals surface area contributed by atoms with Gasteiger partial charge in [-0.2, -0.15) is 0 Å². The second-order valence-electron chi connectivity index (χ2n) is 5.24. The molecule has 0 radical (unpaired) electrons. The van der Waals surface area contributed by atoms with Gasteiger partial charge in [0.25, 0.3) is 0 Å². The average Bonchev–Trinajstić information content (AvgIpc) is 2.76. The zero-order chi connectivity index (χ0) is 11.5. The number of rotatable bonds is 2. The molecule has 0 amide bonds. The standard InChI is InChI=1S/C12H24N4/c1-14-7-8-15(2)11(10-14)9-12(13)16-5-3-4-6-16/h11,13H,3-10H2,1-2H3. The lowest BCUT2D eigenvalue weighted by molar-refractivity contribution is 0.117. The number of hydrogen-bond acceptors (Lipinski definition) is 3. The van der Waals surface area contributed by atoms with E-state index in [0.29, 0.717) is 6.04 Å². The van der Waals surface area contributed by atoms with E-state index in [-0.39, 0.29) is 0 Å². The minimum absolute atomic E-state index is 0.534. The van der Waals surface area contributed by atoms with Gasteiger partial charge in [0.15, 0.2) is 0 Å². The van der Waals surface area contributed by atoms with Crippen molar-refractivity contribution in [3.8, 4) is 0 Å². The molecule has 0 bridgehead atoms. The molecule has 1 unspecified atom stereocenters. The Morgan fingerprint density at radius 1 is 1.12 bits per heavy atom. The Morgan fingerprint density at radius 3 is 2.50 bits per heavy atom. The highest BCUT2D eigenvalue weighted by Gasteiger charge is 2.25. The van der Waals surface area contributed by atoms with Crippen molar-refractivity contribution in [3.05, 3.63) is 0 Å². The normalized spacial score (nSPS) is 28.6. The molecule has 1 N–H and O–H groups in total. The van der Waals surface area contributed by atoms with Crippen molar-refractivity contribution in [1.29, 1.82) is 5.41 Å². The zero-order valence-corrected chi connectivity index (χ0v) is 10.6. The molecule has 2 saturated heterocycles. The predicted octanol–water partition coefficient (Wildman–Crippen LogP) is 0.695. The molecule has 0 aliphatic carbocycles. The second-order valence-corrected chi connectivity index (χ2v) is 5.24. The van der Waals surface area contributed by atoms with Crippen LogP contribution in [0.5, 0.6) is 0 Å². The molecule has 0 spiro atoms. The maximum Gasteiger partial charge on any atom is 0.0973 e. The third kappa shape index (κ3) is 2.74. The molecular formula is C12H24N4. The Labute approximate surface area is 98.7 Å². The van der Waals surface area contributed by atoms with Crippen LogP contribution in [0.1, 0.15) is 19.3 Å². The third-order valence-electron chi connectivity index (χ3n) is 3.90. The van der Waals surface area contributed by atoms with E-state index in [1.54, 1.807) is 0 Å². The van der Waals surface area contributed by atoms with Crippen LogP contribution in [-0.4, -0.2) is 73.4 Å². The molecule has 2 heterocycles. The molecule has 92 valence electrons. The number of likely N-dealkylation sites (N-methyl/N-ethyl adjacent to an activating group) is 2. The average molecular weight is 224 g/mol. The molecular weight excluding hydrogens is 200 g/mol. The van der Waals surface area contributed by atoms with E-state index in [1.165, 1.54) is 12.8 Å². The second kappa shape index (κ2) is 5.15. The highest BCUT2D eigenvalue weighted by atomic mass is 15.3. The number of hydrogen-bond donors (Lipinski definition) is 1. The van der Waals surface area contributed by atoms with Gasteiger partial charge >= 0.3 is 0 Å². The molecule has 4 nitrogen and oxygen atoms in total. The lowest BCUT2D eigenvalue weighted by Crippen LogP contribution is -2.51. The summed E-state index contributed by atoms with van der Waals surface area (Å²) < 4.78 is 0. The quantitative estimate of drug-likeness (QED) is 0.553. The summed E-state index contributed by atoms with van der Waals surface area (Å²) in [4.78, 5) is 7.04. The minimum atomic E-state index is 0.534. The van der Waals surface area contributed by atoms with Crippen LogP contribution in [0, 0.1) is 5.41 Å². The van der Waals surface area contributed by atoms with E-state index in [4.69, 9.17) is 5.41 Å². The summed E-state index contributed by atoms with van der Waals surface area (Å²) in [5.74, 6) is 0.852. The summed E-state index contributed by atoms with van der Waals surface area (Å²) in [5.41, 5.74) is 0. The van der Waals surface area contributed by atoms with E-state index in [1.807, 2.05) is 0 Å². The van der Waals surface area contributed by atoms with Crippen LogP contribution in [0.3, 0.4) is 0 Å². The zero-order valence-electron chi connectivity index (χ0n) is 10.6. The van der Waals surface area contributed by atoms with Gasteiger partial charge in [-0.25, -0.2) is 0 Å². The van der Waals surface area contributed by atoms with Gasteiger partial charge in [0.05, 0.1) is 5.84 Å². The third-order valence-corrected chi connectivity index (χ3v) is 3.90. The Kier molecular flexibility index (Phi) is 3.82. The number of nitrogens with zero attached hydrogens (tertiary/aromatic N) is 3. The maximum atomic E-state index is 8.16. The van der Waals surface area contributed by atoms with Gasteiger partial charge < -0.3 is 14.7 Å². The van der Waals surface area contributed by atoms with Crippen molar-refractivity contribution >= 4 is 5.84 Å². The van der Waals surface area contributed by atoms with Crippen LogP contribution in [0.25, 0.3) is 0 Å². The molecule has 0 saturated carbocycles. The maximum absolute atomic E-state index is 8.16. The van der Waals surface area contributed by atoms with Crippen LogP contribution in [0.15, 0.2) is 0 Å². The Balaban J connectivity index is 1.84. The fraction of sp³-hybridized carbons (Fsp3) is 0.917. The molecule has 2 rings (SSSR count). The van der Waals surface area contributed by atoms with Gasteiger partial charge in [-0.05, 0) is 26.9 Å². The number of amidine groups is 1. The smallest absolute Gasteiger partial charge is 0.0973 e. The molecule has 2 fully saturated rings. The Hall–Kier alpha value is -0.610. The van der Waals surface area contributed by atoms with E-state index in [2.05, 4.69) is 28.8 Å². The van der Waals surface area contributed by atoms with Crippen molar-refractivity contribution < 1.29 is 0 Å². The van der Waals surface area contributed by atoms with Crippen LogP contribution < -0.4 is 0 Å². The summed E-state index contributed by atoms with van der Waals surface area (Å²) >= 11 is 0. The van der Waals surface area contributed by atoms with Crippen LogP contribution in [-0.2, 0) is 0 Å². The van der Waals surface area contributed by atoms with Gasteiger partial charge in [0.2, 0.25) is 0 Å². The van der Waals surface area contributed by atoms with E-state index >= 15 is 0 Å². The van der Waals surface area contributed by atoms with Crippen LogP contribution in [0.2, 0.25) is 0 Å². The van der Waals surface area contributed by atoms with Gasteiger partial charge in [0.1, 0.15) is 0 Å². The van der Waals surface area contributed by atoms with Crippen LogP contribution in [0.4, 0.5) is 0 Å². The molecule has 1 atom stereocenters. The van der Waals surface area contributed by atoms with Gasteiger partial charge in [0, 0.05) is 45.2 Å². The first-order chi connectivity index (χ1) is 7.66. The fourth-order valence-corrected chi connectivity index (χ4v) is 2.66. The number of piperazine rings is 1. The minimum Gasteiger partial charge on any atom is -0.361 e. The Bertz CT molecular complexity index is 247. The first-order valence-corrected chi connectivity index (χ1v) is 6.38. The van der Waals surface area contributed by atoms with Crippen molar-refractivity contribution in [2.45, 2.75) is 25.3 Å². The van der Waals surface area contributed by atoms with Crippen molar-refractivity contribution in [3.63, 3.8) is 0 Å². The molecule has 4 heteroatoms. The molecule has 16 heavy (non-hydrogen) atoms. The van der Waals surface area contributed by atoms with E-state index in [9.17, 15) is 0 Å². The van der Waals surface area contributed by atoms with Crippen molar-refractivity contribution in [1.82, 2.24) is 14.7 Å². The van der Waals surface area contributed by atoms with Gasteiger partial charge in [-0.15, -0.1) is 0 Å². The first kappa shape index (κ1) is 11.9. The summed E-state index contributed by atoms with van der Waals surface area (Å²) in [6.07, 6.45) is 3.45. The summed E-state index contributed by atoms with van der Waals surface area (Å²) in [6, 6.07) is 0.534. The highest BCUT2D eigenvalue weighted by Crippen LogP contribution is 2.14. The fourth-order valence-electron chi connectivity index (χ4n) is 2.66. The highest BCUT2D eigenvalue weighted by molar-refractivity contribution is 5.80. The monoisotopic (exact) mass is 224 g/mol. The van der Waals surface area contributed by atoms with E-state index in [0.717, 1.165) is 45.0 Å². The number of likely N-dealkylation sites (tertiary alicyclic amines) is 1. The Morgan fingerprint density at radius 2 is 1.81 bits per heavy atom. The van der Waals surface area contributed by atoms with Crippen molar-refractivity contribution in [2.24, 2.45) is 0 Å².